The SMILES string of the molecule is CC1CCCC(NC(=O)CSc2nnc(CN)o2)C1C. The van der Waals surface area contributed by atoms with E-state index < -0.39 is 0 Å². The molecule has 1 aromatic rings. The zero-order valence-corrected chi connectivity index (χ0v) is 12.8. The van der Waals surface area contributed by atoms with Crippen molar-refractivity contribution in [2.45, 2.75) is 50.9 Å². The van der Waals surface area contributed by atoms with E-state index in [4.69, 9.17) is 10.2 Å². The van der Waals surface area contributed by atoms with E-state index >= 15 is 0 Å². The molecule has 1 aliphatic rings. The largest absolute Gasteiger partial charge is 0.415 e. The molecular formula is C13H22N4O2S. The van der Waals surface area contributed by atoms with Crippen molar-refractivity contribution in [3.8, 4) is 0 Å². The maximum Gasteiger partial charge on any atom is 0.277 e. The summed E-state index contributed by atoms with van der Waals surface area (Å²) in [6.07, 6.45) is 3.51. The zero-order valence-electron chi connectivity index (χ0n) is 12.0. The fourth-order valence-corrected chi connectivity index (χ4v) is 3.13. The molecule has 112 valence electrons. The van der Waals surface area contributed by atoms with Gasteiger partial charge in [-0.3, -0.25) is 4.79 Å². The van der Waals surface area contributed by atoms with E-state index in [1.165, 1.54) is 24.6 Å². The van der Waals surface area contributed by atoms with Crippen LogP contribution in [0.5, 0.6) is 0 Å². The van der Waals surface area contributed by atoms with Gasteiger partial charge in [-0.25, -0.2) is 0 Å². The van der Waals surface area contributed by atoms with Crippen LogP contribution in [0.2, 0.25) is 0 Å². The van der Waals surface area contributed by atoms with Gasteiger partial charge in [0.1, 0.15) is 0 Å². The molecule has 0 spiro atoms. The first kappa shape index (κ1) is 15.3. The number of rotatable bonds is 5. The Morgan fingerprint density at radius 1 is 1.45 bits per heavy atom. The zero-order chi connectivity index (χ0) is 14.5. The smallest absolute Gasteiger partial charge is 0.277 e. The first-order valence-electron chi connectivity index (χ1n) is 7.04. The minimum Gasteiger partial charge on any atom is -0.415 e. The van der Waals surface area contributed by atoms with Crippen molar-refractivity contribution in [1.29, 1.82) is 0 Å². The molecular weight excluding hydrogens is 276 g/mol. The van der Waals surface area contributed by atoms with Gasteiger partial charge in [-0.05, 0) is 18.3 Å². The fourth-order valence-electron chi connectivity index (χ4n) is 2.54. The molecule has 0 radical (unpaired) electrons. The maximum atomic E-state index is 12.0. The number of aromatic nitrogens is 2. The normalized spacial score (nSPS) is 26.4. The van der Waals surface area contributed by atoms with Crippen LogP contribution in [0.3, 0.4) is 0 Å². The van der Waals surface area contributed by atoms with Crippen LogP contribution < -0.4 is 11.1 Å². The summed E-state index contributed by atoms with van der Waals surface area (Å²) in [7, 11) is 0. The molecule has 1 fully saturated rings. The van der Waals surface area contributed by atoms with Crippen molar-refractivity contribution in [1.82, 2.24) is 15.5 Å². The summed E-state index contributed by atoms with van der Waals surface area (Å²) in [5, 5.41) is 11.1. The minimum absolute atomic E-state index is 0.0217. The van der Waals surface area contributed by atoms with Crippen LogP contribution in [0.4, 0.5) is 0 Å². The number of hydrogen-bond acceptors (Lipinski definition) is 6. The highest BCUT2D eigenvalue weighted by molar-refractivity contribution is 7.99. The molecule has 1 heterocycles. The lowest BCUT2D eigenvalue weighted by atomic mass is 9.78. The highest BCUT2D eigenvalue weighted by Gasteiger charge is 2.28. The van der Waals surface area contributed by atoms with Gasteiger partial charge in [0.25, 0.3) is 5.22 Å². The van der Waals surface area contributed by atoms with Gasteiger partial charge in [-0.15, -0.1) is 10.2 Å². The van der Waals surface area contributed by atoms with E-state index in [0.29, 0.717) is 28.7 Å². The second-order valence-corrected chi connectivity index (χ2v) is 6.32. The summed E-state index contributed by atoms with van der Waals surface area (Å²) in [5.74, 6) is 1.91. The predicted molar refractivity (Wildman–Crippen MR) is 77.0 cm³/mol. The number of carbonyl (C=O) groups excluding carboxylic acids is 1. The third-order valence-electron chi connectivity index (χ3n) is 4.00. The van der Waals surface area contributed by atoms with Crippen molar-refractivity contribution in [3.63, 3.8) is 0 Å². The molecule has 1 saturated carbocycles. The lowest BCUT2D eigenvalue weighted by Gasteiger charge is -2.34. The van der Waals surface area contributed by atoms with Gasteiger partial charge < -0.3 is 15.5 Å². The lowest BCUT2D eigenvalue weighted by Crippen LogP contribution is -2.44. The Bertz CT molecular complexity index is 451. The van der Waals surface area contributed by atoms with E-state index in [1.54, 1.807) is 0 Å². The topological polar surface area (TPSA) is 94.0 Å². The Morgan fingerprint density at radius 3 is 2.95 bits per heavy atom. The Morgan fingerprint density at radius 2 is 2.25 bits per heavy atom. The van der Waals surface area contributed by atoms with E-state index in [0.717, 1.165) is 6.42 Å². The summed E-state index contributed by atoms with van der Waals surface area (Å²) in [6, 6.07) is 0.286. The lowest BCUT2D eigenvalue weighted by molar-refractivity contribution is -0.120. The standard InChI is InChI=1S/C13H22N4O2S/c1-8-4-3-5-10(9(8)2)15-11(18)7-20-13-17-16-12(6-14)19-13/h8-10H,3-7,14H2,1-2H3,(H,15,18). The van der Waals surface area contributed by atoms with Gasteiger partial charge in [0.15, 0.2) is 0 Å². The number of nitrogens with two attached hydrogens (primary N) is 1. The van der Waals surface area contributed by atoms with Crippen molar-refractivity contribution in [3.05, 3.63) is 5.89 Å². The van der Waals surface area contributed by atoms with Crippen molar-refractivity contribution < 1.29 is 9.21 Å². The average Bonchev–Trinajstić information content (AvgIpc) is 2.90. The number of hydrogen-bond donors (Lipinski definition) is 2. The Kier molecular flexibility index (Phi) is 5.42. The van der Waals surface area contributed by atoms with E-state index in [-0.39, 0.29) is 18.5 Å². The van der Waals surface area contributed by atoms with Gasteiger partial charge in [0, 0.05) is 6.04 Å². The molecule has 0 bridgehead atoms. The summed E-state index contributed by atoms with van der Waals surface area (Å²) < 4.78 is 5.25. The molecule has 3 N–H and O–H groups in total. The van der Waals surface area contributed by atoms with Gasteiger partial charge in [-0.1, -0.05) is 38.5 Å². The molecule has 3 unspecified atom stereocenters. The molecule has 1 aromatic heterocycles. The van der Waals surface area contributed by atoms with Crippen molar-refractivity contribution in [2.24, 2.45) is 17.6 Å². The summed E-state index contributed by atoms with van der Waals surface area (Å²) >= 11 is 1.25. The van der Waals surface area contributed by atoms with Gasteiger partial charge in [0.2, 0.25) is 11.8 Å². The first-order chi connectivity index (χ1) is 9.60. The molecule has 1 amide bonds. The minimum atomic E-state index is 0.0217. The Balaban J connectivity index is 1.77. The predicted octanol–water partition coefficient (Wildman–Crippen LogP) is 1.56. The van der Waals surface area contributed by atoms with Crippen LogP contribution >= 0.6 is 11.8 Å². The molecule has 1 aliphatic carbocycles. The Hall–Kier alpha value is -1.08. The van der Waals surface area contributed by atoms with E-state index in [9.17, 15) is 4.79 Å². The summed E-state index contributed by atoms with van der Waals surface area (Å²) in [5.41, 5.74) is 5.39. The molecule has 2 rings (SSSR count). The number of thioether (sulfide) groups is 1. The van der Waals surface area contributed by atoms with Gasteiger partial charge in [0.05, 0.1) is 12.3 Å². The maximum absolute atomic E-state index is 12.0. The second-order valence-electron chi connectivity index (χ2n) is 5.40. The molecule has 0 aromatic carbocycles. The second kappa shape index (κ2) is 7.08. The fraction of sp³-hybridized carbons (Fsp3) is 0.769. The van der Waals surface area contributed by atoms with Gasteiger partial charge >= 0.3 is 0 Å². The third kappa shape index (κ3) is 3.96. The molecule has 0 saturated heterocycles. The number of nitrogens with zero attached hydrogens (tertiary/aromatic N) is 2. The van der Waals surface area contributed by atoms with E-state index in [1.807, 2.05) is 0 Å². The quantitative estimate of drug-likeness (QED) is 0.801. The first-order valence-corrected chi connectivity index (χ1v) is 8.03. The Labute approximate surface area is 123 Å². The highest BCUT2D eigenvalue weighted by atomic mass is 32.2. The molecule has 7 heteroatoms. The van der Waals surface area contributed by atoms with Crippen molar-refractivity contribution in [2.75, 3.05) is 5.75 Å². The summed E-state index contributed by atoms with van der Waals surface area (Å²) in [4.78, 5) is 12.0. The number of amides is 1. The highest BCUT2D eigenvalue weighted by Crippen LogP contribution is 2.29. The average molecular weight is 298 g/mol. The van der Waals surface area contributed by atoms with Crippen LogP contribution in [-0.2, 0) is 11.3 Å². The van der Waals surface area contributed by atoms with Crippen LogP contribution in [0.1, 0.15) is 39.0 Å². The number of nitrogens with one attached hydrogen (secondary N) is 1. The molecule has 0 aliphatic heterocycles. The monoisotopic (exact) mass is 298 g/mol. The number of carbonyl (C=O) groups is 1. The third-order valence-corrected chi connectivity index (χ3v) is 4.82. The molecule has 6 nitrogen and oxygen atoms in total. The van der Waals surface area contributed by atoms with Crippen LogP contribution in [-0.4, -0.2) is 27.9 Å². The molecule has 20 heavy (non-hydrogen) atoms. The van der Waals surface area contributed by atoms with Gasteiger partial charge in [-0.2, -0.15) is 0 Å². The summed E-state index contributed by atoms with van der Waals surface area (Å²) in [6.45, 7) is 4.69. The molecule has 3 atom stereocenters. The van der Waals surface area contributed by atoms with Crippen molar-refractivity contribution >= 4 is 17.7 Å². The van der Waals surface area contributed by atoms with Crippen LogP contribution in [0, 0.1) is 11.8 Å². The van der Waals surface area contributed by atoms with E-state index in [2.05, 4.69) is 29.4 Å². The van der Waals surface area contributed by atoms with Crippen LogP contribution in [0.15, 0.2) is 9.64 Å². The van der Waals surface area contributed by atoms with Crippen LogP contribution in [0.25, 0.3) is 0 Å².